The third-order valence-electron chi connectivity index (χ3n) is 3.74. The normalized spacial score (nSPS) is 11.1. The van der Waals surface area contributed by atoms with Crippen molar-refractivity contribution >= 4 is 11.8 Å². The highest BCUT2D eigenvalue weighted by Gasteiger charge is 2.31. The molecule has 2 N–H and O–H groups in total. The molecule has 0 aliphatic heterocycles. The van der Waals surface area contributed by atoms with E-state index in [1.54, 1.807) is 12.1 Å². The minimum absolute atomic E-state index is 0.299. The summed E-state index contributed by atoms with van der Waals surface area (Å²) in [4.78, 5) is 8.79. The van der Waals surface area contributed by atoms with Gasteiger partial charge in [-0.2, -0.15) is 4.98 Å². The molecule has 0 amide bonds. The van der Waals surface area contributed by atoms with E-state index in [0.717, 1.165) is 5.56 Å². The van der Waals surface area contributed by atoms with Gasteiger partial charge >= 0.3 is 6.36 Å². The quantitative estimate of drug-likeness (QED) is 0.591. The van der Waals surface area contributed by atoms with Gasteiger partial charge in [0.1, 0.15) is 11.6 Å². The Morgan fingerprint density at radius 1 is 0.929 bits per heavy atom. The van der Waals surface area contributed by atoms with Crippen LogP contribution in [-0.4, -0.2) is 22.9 Å². The highest BCUT2D eigenvalue weighted by atomic mass is 19.4. The lowest BCUT2D eigenvalue weighted by molar-refractivity contribution is -0.274. The standard InChI is InChI=1S/C20H19F3N4O/c1-2-24-19-26-17(15-9-6-10-16(11-15)28-20(21,22)23)12-18(27-19)25-13-14-7-4-3-5-8-14/h3-12H,2,13H2,1H3,(H2,24,25,26,27). The monoisotopic (exact) mass is 388 g/mol. The summed E-state index contributed by atoms with van der Waals surface area (Å²) < 4.78 is 41.5. The second kappa shape index (κ2) is 8.60. The Labute approximate surface area is 160 Å². The average molecular weight is 388 g/mol. The van der Waals surface area contributed by atoms with Crippen LogP contribution in [0.15, 0.2) is 60.7 Å². The van der Waals surface area contributed by atoms with Crippen LogP contribution in [-0.2, 0) is 6.54 Å². The molecule has 0 radical (unpaired) electrons. The van der Waals surface area contributed by atoms with Gasteiger partial charge in [0.05, 0.1) is 5.69 Å². The first kappa shape index (κ1) is 19.5. The summed E-state index contributed by atoms with van der Waals surface area (Å²) in [6, 6.07) is 17.2. The number of nitrogens with zero attached hydrogens (tertiary/aromatic N) is 2. The van der Waals surface area contributed by atoms with Gasteiger partial charge in [-0.25, -0.2) is 4.98 Å². The number of benzene rings is 2. The number of nitrogens with one attached hydrogen (secondary N) is 2. The number of halogens is 3. The van der Waals surface area contributed by atoms with E-state index in [2.05, 4.69) is 25.3 Å². The molecule has 0 unspecified atom stereocenters. The van der Waals surface area contributed by atoms with Crippen LogP contribution in [0.4, 0.5) is 24.9 Å². The molecule has 0 saturated carbocycles. The van der Waals surface area contributed by atoms with Crippen molar-refractivity contribution in [1.82, 2.24) is 9.97 Å². The maximum Gasteiger partial charge on any atom is 0.573 e. The van der Waals surface area contributed by atoms with Crippen molar-refractivity contribution < 1.29 is 17.9 Å². The highest BCUT2D eigenvalue weighted by Crippen LogP contribution is 2.28. The molecule has 0 bridgehead atoms. The van der Waals surface area contributed by atoms with E-state index in [1.165, 1.54) is 18.2 Å². The van der Waals surface area contributed by atoms with Crippen LogP contribution in [0.3, 0.4) is 0 Å². The van der Waals surface area contributed by atoms with Crippen molar-refractivity contribution in [2.75, 3.05) is 17.2 Å². The summed E-state index contributed by atoms with van der Waals surface area (Å²) in [6.07, 6.45) is -4.75. The fourth-order valence-corrected chi connectivity index (χ4v) is 2.56. The lowest BCUT2D eigenvalue weighted by Crippen LogP contribution is -2.17. The van der Waals surface area contributed by atoms with Crippen molar-refractivity contribution in [1.29, 1.82) is 0 Å². The molecule has 0 atom stereocenters. The van der Waals surface area contributed by atoms with Gasteiger partial charge in [-0.15, -0.1) is 13.2 Å². The largest absolute Gasteiger partial charge is 0.573 e. The highest BCUT2D eigenvalue weighted by molar-refractivity contribution is 5.66. The molecule has 28 heavy (non-hydrogen) atoms. The van der Waals surface area contributed by atoms with Gasteiger partial charge in [-0.05, 0) is 24.6 Å². The molecule has 3 rings (SSSR count). The predicted molar refractivity (Wildman–Crippen MR) is 102 cm³/mol. The Morgan fingerprint density at radius 3 is 2.43 bits per heavy atom. The summed E-state index contributed by atoms with van der Waals surface area (Å²) in [5.74, 6) is 0.650. The molecule has 1 aromatic heterocycles. The number of hydrogen-bond acceptors (Lipinski definition) is 5. The topological polar surface area (TPSA) is 59.1 Å². The smallest absolute Gasteiger partial charge is 0.406 e. The molecule has 2 aromatic carbocycles. The number of hydrogen-bond donors (Lipinski definition) is 2. The number of anilines is 2. The molecule has 0 aliphatic carbocycles. The molecule has 0 aliphatic rings. The first-order valence-corrected chi connectivity index (χ1v) is 8.70. The molecular formula is C20H19F3N4O. The van der Waals surface area contributed by atoms with Gasteiger partial charge < -0.3 is 15.4 Å². The zero-order chi connectivity index (χ0) is 20.0. The Morgan fingerprint density at radius 2 is 1.71 bits per heavy atom. The summed E-state index contributed by atoms with van der Waals surface area (Å²) in [5.41, 5.74) is 2.05. The molecule has 8 heteroatoms. The molecule has 146 valence electrons. The van der Waals surface area contributed by atoms with E-state index in [9.17, 15) is 13.2 Å². The van der Waals surface area contributed by atoms with Crippen molar-refractivity contribution in [3.05, 3.63) is 66.2 Å². The third kappa shape index (κ3) is 5.60. The number of aromatic nitrogens is 2. The lowest BCUT2D eigenvalue weighted by atomic mass is 10.1. The lowest BCUT2D eigenvalue weighted by Gasteiger charge is -2.12. The van der Waals surface area contributed by atoms with Gasteiger partial charge in [0.25, 0.3) is 0 Å². The van der Waals surface area contributed by atoms with Crippen LogP contribution in [0.5, 0.6) is 5.75 Å². The molecule has 0 fully saturated rings. The summed E-state index contributed by atoms with van der Waals surface area (Å²) in [5, 5.41) is 6.26. The van der Waals surface area contributed by atoms with Gasteiger partial charge in [0.15, 0.2) is 0 Å². The fraction of sp³-hybridized carbons (Fsp3) is 0.200. The van der Waals surface area contributed by atoms with Crippen molar-refractivity contribution in [3.63, 3.8) is 0 Å². The van der Waals surface area contributed by atoms with Crippen molar-refractivity contribution in [2.45, 2.75) is 19.8 Å². The molecule has 0 saturated heterocycles. The van der Waals surface area contributed by atoms with E-state index in [-0.39, 0.29) is 5.75 Å². The van der Waals surface area contributed by atoms with Crippen LogP contribution in [0.25, 0.3) is 11.3 Å². The molecule has 0 spiro atoms. The SMILES string of the molecule is CCNc1nc(NCc2ccccc2)cc(-c2cccc(OC(F)(F)F)c2)n1. The van der Waals surface area contributed by atoms with Crippen LogP contribution in [0, 0.1) is 0 Å². The molecule has 5 nitrogen and oxygen atoms in total. The maximum atomic E-state index is 12.5. The first-order valence-electron chi connectivity index (χ1n) is 8.70. The van der Waals surface area contributed by atoms with E-state index in [0.29, 0.717) is 36.1 Å². The van der Waals surface area contributed by atoms with Crippen LogP contribution in [0.2, 0.25) is 0 Å². The maximum absolute atomic E-state index is 12.5. The Hall–Kier alpha value is -3.29. The van der Waals surface area contributed by atoms with Crippen molar-refractivity contribution in [3.8, 4) is 17.0 Å². The fourth-order valence-electron chi connectivity index (χ4n) is 2.56. The number of alkyl halides is 3. The Balaban J connectivity index is 1.87. The van der Waals surface area contributed by atoms with Crippen molar-refractivity contribution in [2.24, 2.45) is 0 Å². The Kier molecular flexibility index (Phi) is 5.98. The van der Waals surface area contributed by atoms with Gasteiger partial charge in [0, 0.05) is 24.7 Å². The summed E-state index contributed by atoms with van der Waals surface area (Å²) >= 11 is 0. The Bertz CT molecular complexity index is 917. The van der Waals surface area contributed by atoms with Crippen LogP contribution < -0.4 is 15.4 Å². The van der Waals surface area contributed by atoms with E-state index >= 15 is 0 Å². The number of ether oxygens (including phenoxy) is 1. The van der Waals surface area contributed by atoms with Crippen LogP contribution in [0.1, 0.15) is 12.5 Å². The second-order valence-corrected chi connectivity index (χ2v) is 5.91. The molecule has 1 heterocycles. The van der Waals surface area contributed by atoms with Crippen LogP contribution >= 0.6 is 0 Å². The van der Waals surface area contributed by atoms with Gasteiger partial charge in [-0.3, -0.25) is 0 Å². The van der Waals surface area contributed by atoms with Gasteiger partial charge in [-0.1, -0.05) is 42.5 Å². The van der Waals surface area contributed by atoms with E-state index < -0.39 is 6.36 Å². The average Bonchev–Trinajstić information content (AvgIpc) is 2.66. The summed E-state index contributed by atoms with van der Waals surface area (Å²) in [6.45, 7) is 3.07. The minimum atomic E-state index is -4.75. The minimum Gasteiger partial charge on any atom is -0.406 e. The second-order valence-electron chi connectivity index (χ2n) is 5.91. The summed E-state index contributed by atoms with van der Waals surface area (Å²) in [7, 11) is 0. The molecular weight excluding hydrogens is 369 g/mol. The molecule has 3 aromatic rings. The van der Waals surface area contributed by atoms with E-state index in [1.807, 2.05) is 37.3 Å². The number of rotatable bonds is 7. The first-order chi connectivity index (χ1) is 13.4. The van der Waals surface area contributed by atoms with Gasteiger partial charge in [0.2, 0.25) is 5.95 Å². The van der Waals surface area contributed by atoms with E-state index in [4.69, 9.17) is 0 Å². The zero-order valence-electron chi connectivity index (χ0n) is 15.1. The predicted octanol–water partition coefficient (Wildman–Crippen LogP) is 5.09. The zero-order valence-corrected chi connectivity index (χ0v) is 15.1. The third-order valence-corrected chi connectivity index (χ3v) is 3.74.